The van der Waals surface area contributed by atoms with Crippen molar-refractivity contribution in [3.05, 3.63) is 34.9 Å². The van der Waals surface area contributed by atoms with Crippen LogP contribution in [0.25, 0.3) is 0 Å². The Balaban J connectivity index is 1.94. The van der Waals surface area contributed by atoms with Gasteiger partial charge >= 0.3 is 0 Å². The van der Waals surface area contributed by atoms with Crippen molar-refractivity contribution in [2.24, 2.45) is 5.92 Å². The van der Waals surface area contributed by atoms with E-state index in [-0.39, 0.29) is 30.0 Å². The predicted molar refractivity (Wildman–Crippen MR) is 88.9 cm³/mol. The van der Waals surface area contributed by atoms with Crippen molar-refractivity contribution in [3.63, 3.8) is 0 Å². The summed E-state index contributed by atoms with van der Waals surface area (Å²) in [6.07, 6.45) is 0.199. The minimum Gasteiger partial charge on any atom is -0.379 e. The molecule has 1 aliphatic rings. The number of nitrogens with zero attached hydrogens (tertiary/aromatic N) is 1. The summed E-state index contributed by atoms with van der Waals surface area (Å²) >= 11 is 5.90. The maximum Gasteiger partial charge on any atom is 0.224 e. The topological polar surface area (TPSA) is 75.7 Å². The zero-order valence-corrected chi connectivity index (χ0v) is 14.7. The number of carbonyl (C=O) groups is 1. The van der Waals surface area contributed by atoms with Crippen molar-refractivity contribution in [3.8, 4) is 0 Å². The van der Waals surface area contributed by atoms with Gasteiger partial charge in [-0.25, -0.2) is 12.7 Å². The molecule has 0 spiro atoms. The van der Waals surface area contributed by atoms with Crippen molar-refractivity contribution in [2.75, 3.05) is 33.1 Å². The second kappa shape index (κ2) is 7.61. The van der Waals surface area contributed by atoms with Gasteiger partial charge < -0.3 is 10.1 Å². The number of amides is 1. The number of rotatable bonds is 6. The SMILES string of the molecule is CN(C)S(=O)(=O)C[C@@H]1COC[C@@H]1NC(=O)Cc1cccc(Cl)c1. The maximum absolute atomic E-state index is 12.2. The average molecular weight is 361 g/mol. The number of ether oxygens (including phenoxy) is 1. The standard InChI is InChI=1S/C15H21ClN2O4S/c1-18(2)23(20,21)10-12-8-22-9-14(12)17-15(19)7-11-4-3-5-13(16)6-11/h3-6,12,14H,7-10H2,1-2H3,(H,17,19)/t12-,14-/m0/s1. The highest BCUT2D eigenvalue weighted by atomic mass is 35.5. The van der Waals surface area contributed by atoms with Crippen molar-refractivity contribution < 1.29 is 17.9 Å². The van der Waals surface area contributed by atoms with Crippen LogP contribution in [0.1, 0.15) is 5.56 Å². The molecule has 1 fully saturated rings. The van der Waals surface area contributed by atoms with Gasteiger partial charge in [0.2, 0.25) is 15.9 Å². The van der Waals surface area contributed by atoms with Crippen LogP contribution in [0.15, 0.2) is 24.3 Å². The van der Waals surface area contributed by atoms with Crippen LogP contribution >= 0.6 is 11.6 Å². The van der Waals surface area contributed by atoms with Crippen LogP contribution in [0.3, 0.4) is 0 Å². The fourth-order valence-corrected chi connectivity index (χ4v) is 3.81. The number of sulfonamides is 1. The number of benzene rings is 1. The molecule has 1 saturated heterocycles. The first-order chi connectivity index (χ1) is 10.8. The summed E-state index contributed by atoms with van der Waals surface area (Å²) in [5.41, 5.74) is 0.811. The third kappa shape index (κ3) is 5.17. The van der Waals surface area contributed by atoms with Gasteiger partial charge in [0.25, 0.3) is 0 Å². The fraction of sp³-hybridized carbons (Fsp3) is 0.533. The van der Waals surface area contributed by atoms with E-state index in [1.54, 1.807) is 18.2 Å². The van der Waals surface area contributed by atoms with E-state index < -0.39 is 10.0 Å². The largest absolute Gasteiger partial charge is 0.379 e. The molecule has 0 aromatic heterocycles. The quantitative estimate of drug-likeness (QED) is 0.818. The first kappa shape index (κ1) is 18.2. The van der Waals surface area contributed by atoms with E-state index in [9.17, 15) is 13.2 Å². The highest BCUT2D eigenvalue weighted by molar-refractivity contribution is 7.89. The van der Waals surface area contributed by atoms with Crippen LogP contribution in [0.2, 0.25) is 5.02 Å². The number of carbonyl (C=O) groups excluding carboxylic acids is 1. The lowest BCUT2D eigenvalue weighted by molar-refractivity contribution is -0.121. The van der Waals surface area contributed by atoms with Crippen LogP contribution in [-0.4, -0.2) is 57.7 Å². The van der Waals surface area contributed by atoms with Crippen molar-refractivity contribution in [1.29, 1.82) is 0 Å². The molecular weight excluding hydrogens is 340 g/mol. The molecule has 1 amide bonds. The van der Waals surface area contributed by atoms with E-state index in [1.165, 1.54) is 18.4 Å². The third-order valence-electron chi connectivity index (χ3n) is 3.78. The summed E-state index contributed by atoms with van der Waals surface area (Å²) in [6, 6.07) is 6.80. The van der Waals surface area contributed by atoms with Gasteiger partial charge in [0.15, 0.2) is 0 Å². The van der Waals surface area contributed by atoms with E-state index in [1.807, 2.05) is 6.07 Å². The van der Waals surface area contributed by atoms with E-state index in [2.05, 4.69) is 5.32 Å². The Morgan fingerprint density at radius 1 is 1.39 bits per heavy atom. The molecule has 1 heterocycles. The zero-order chi connectivity index (χ0) is 17.0. The zero-order valence-electron chi connectivity index (χ0n) is 13.2. The monoisotopic (exact) mass is 360 g/mol. The van der Waals surface area contributed by atoms with E-state index in [4.69, 9.17) is 16.3 Å². The molecule has 128 valence electrons. The van der Waals surface area contributed by atoms with Crippen LogP contribution in [0.5, 0.6) is 0 Å². The number of halogens is 1. The van der Waals surface area contributed by atoms with Gasteiger partial charge in [0.1, 0.15) is 0 Å². The second-order valence-electron chi connectivity index (χ2n) is 5.84. The molecule has 0 aliphatic carbocycles. The van der Waals surface area contributed by atoms with E-state index in [0.29, 0.717) is 18.2 Å². The Hall–Kier alpha value is -1.15. The summed E-state index contributed by atoms with van der Waals surface area (Å²) in [4.78, 5) is 12.2. The predicted octanol–water partition coefficient (Wildman–Crippen LogP) is 0.905. The Kier molecular flexibility index (Phi) is 6.02. The minimum absolute atomic E-state index is 0.0396. The molecule has 1 aromatic rings. The molecule has 0 bridgehead atoms. The van der Waals surface area contributed by atoms with Crippen molar-refractivity contribution >= 4 is 27.5 Å². The summed E-state index contributed by atoms with van der Waals surface area (Å²) in [5.74, 6) is -0.456. The van der Waals surface area contributed by atoms with Gasteiger partial charge in [-0.15, -0.1) is 0 Å². The number of hydrogen-bond acceptors (Lipinski definition) is 4. The van der Waals surface area contributed by atoms with Crippen molar-refractivity contribution in [1.82, 2.24) is 9.62 Å². The maximum atomic E-state index is 12.2. The summed E-state index contributed by atoms with van der Waals surface area (Å²) in [7, 11) is -0.334. The first-order valence-electron chi connectivity index (χ1n) is 7.29. The second-order valence-corrected chi connectivity index (χ2v) is 8.50. The smallest absolute Gasteiger partial charge is 0.224 e. The van der Waals surface area contributed by atoms with Crippen LogP contribution in [-0.2, 0) is 26.0 Å². The van der Waals surface area contributed by atoms with Gasteiger partial charge in [-0.1, -0.05) is 23.7 Å². The van der Waals surface area contributed by atoms with Crippen LogP contribution in [0, 0.1) is 5.92 Å². The Morgan fingerprint density at radius 3 is 2.78 bits per heavy atom. The molecule has 2 rings (SSSR count). The van der Waals surface area contributed by atoms with Gasteiger partial charge in [-0.05, 0) is 17.7 Å². The molecule has 1 N–H and O–H groups in total. The fourth-order valence-electron chi connectivity index (χ4n) is 2.43. The number of nitrogens with one attached hydrogen (secondary N) is 1. The van der Waals surface area contributed by atoms with E-state index in [0.717, 1.165) is 5.56 Å². The lowest BCUT2D eigenvalue weighted by atomic mass is 10.1. The molecule has 1 aromatic carbocycles. The average Bonchev–Trinajstić information content (AvgIpc) is 2.84. The van der Waals surface area contributed by atoms with Gasteiger partial charge in [0, 0.05) is 25.0 Å². The van der Waals surface area contributed by atoms with Gasteiger partial charge in [-0.2, -0.15) is 0 Å². The Morgan fingerprint density at radius 2 is 2.13 bits per heavy atom. The molecular formula is C15H21ClN2O4S. The highest BCUT2D eigenvalue weighted by Gasteiger charge is 2.34. The Labute approximate surface area is 141 Å². The Bertz CT molecular complexity index is 663. The molecule has 0 unspecified atom stereocenters. The summed E-state index contributed by atoms with van der Waals surface area (Å²) in [5, 5.41) is 3.45. The lowest BCUT2D eigenvalue weighted by Gasteiger charge is -2.21. The summed E-state index contributed by atoms with van der Waals surface area (Å²) in [6.45, 7) is 0.657. The molecule has 2 atom stereocenters. The minimum atomic E-state index is -3.33. The van der Waals surface area contributed by atoms with Gasteiger partial charge in [0.05, 0.1) is 31.4 Å². The molecule has 8 heteroatoms. The molecule has 0 radical (unpaired) electrons. The van der Waals surface area contributed by atoms with Crippen LogP contribution < -0.4 is 5.32 Å². The third-order valence-corrected chi connectivity index (χ3v) is 5.98. The molecule has 0 saturated carbocycles. The molecule has 1 aliphatic heterocycles. The highest BCUT2D eigenvalue weighted by Crippen LogP contribution is 2.18. The number of hydrogen-bond donors (Lipinski definition) is 1. The molecule has 23 heavy (non-hydrogen) atoms. The van der Waals surface area contributed by atoms with E-state index >= 15 is 0 Å². The lowest BCUT2D eigenvalue weighted by Crippen LogP contribution is -2.44. The molecule has 6 nitrogen and oxygen atoms in total. The van der Waals surface area contributed by atoms with Crippen LogP contribution in [0.4, 0.5) is 0 Å². The normalized spacial score (nSPS) is 21.6. The van der Waals surface area contributed by atoms with Crippen molar-refractivity contribution in [2.45, 2.75) is 12.5 Å². The summed E-state index contributed by atoms with van der Waals surface area (Å²) < 4.78 is 30.5. The first-order valence-corrected chi connectivity index (χ1v) is 9.28. The van der Waals surface area contributed by atoms with Gasteiger partial charge in [-0.3, -0.25) is 4.79 Å².